The third kappa shape index (κ3) is 2.55. The van der Waals surface area contributed by atoms with Gasteiger partial charge in [-0.05, 0) is 25.3 Å². The molecule has 0 bridgehead atoms. The molecule has 4 heteroatoms. The van der Waals surface area contributed by atoms with Crippen molar-refractivity contribution in [3.63, 3.8) is 0 Å². The zero-order chi connectivity index (χ0) is 15.0. The number of carbonyl (C=O) groups excluding carboxylic acids is 2. The van der Waals surface area contributed by atoms with Crippen LogP contribution in [0.4, 0.5) is 0 Å². The van der Waals surface area contributed by atoms with Crippen LogP contribution in [0.2, 0.25) is 0 Å². The van der Waals surface area contributed by atoms with Crippen molar-refractivity contribution in [3.05, 3.63) is 35.4 Å². The first-order chi connectivity index (χ1) is 10.0. The summed E-state index contributed by atoms with van der Waals surface area (Å²) in [5.41, 5.74) is 2.08. The molecule has 1 aromatic carbocycles. The van der Waals surface area contributed by atoms with Crippen LogP contribution < -0.4 is 0 Å². The fourth-order valence-electron chi connectivity index (χ4n) is 3.15. The van der Waals surface area contributed by atoms with Gasteiger partial charge in [-0.25, -0.2) is 0 Å². The SMILES string of the molecule is CC(=O)N1CCN(C(=O)C2(c3ccc(C)cc3)CC2)CC1. The summed E-state index contributed by atoms with van der Waals surface area (Å²) in [7, 11) is 0. The molecule has 1 saturated heterocycles. The maximum Gasteiger partial charge on any atom is 0.233 e. The van der Waals surface area contributed by atoms with Gasteiger partial charge in [-0.15, -0.1) is 0 Å². The van der Waals surface area contributed by atoms with Crippen molar-refractivity contribution in [3.8, 4) is 0 Å². The molecular formula is C17H22N2O2. The fraction of sp³-hybridized carbons (Fsp3) is 0.529. The van der Waals surface area contributed by atoms with E-state index in [1.54, 1.807) is 6.92 Å². The number of rotatable bonds is 2. The topological polar surface area (TPSA) is 40.6 Å². The molecule has 4 nitrogen and oxygen atoms in total. The highest BCUT2D eigenvalue weighted by Crippen LogP contribution is 2.49. The largest absolute Gasteiger partial charge is 0.339 e. The molecule has 2 aliphatic rings. The first-order valence-electron chi connectivity index (χ1n) is 7.65. The Labute approximate surface area is 125 Å². The Hall–Kier alpha value is -1.84. The first kappa shape index (κ1) is 14.1. The van der Waals surface area contributed by atoms with E-state index in [0.29, 0.717) is 26.2 Å². The summed E-state index contributed by atoms with van der Waals surface area (Å²) in [5.74, 6) is 0.344. The summed E-state index contributed by atoms with van der Waals surface area (Å²) in [5, 5.41) is 0. The van der Waals surface area contributed by atoms with E-state index in [4.69, 9.17) is 0 Å². The Morgan fingerprint density at radius 3 is 1.95 bits per heavy atom. The number of piperazine rings is 1. The molecule has 0 N–H and O–H groups in total. The van der Waals surface area contributed by atoms with Gasteiger partial charge in [0.2, 0.25) is 11.8 Å². The van der Waals surface area contributed by atoms with E-state index in [2.05, 4.69) is 31.2 Å². The highest BCUT2D eigenvalue weighted by atomic mass is 16.2. The standard InChI is InChI=1S/C17H22N2O2/c1-13-3-5-15(6-4-13)17(7-8-17)16(21)19-11-9-18(10-12-19)14(2)20/h3-6H,7-12H2,1-2H3. The summed E-state index contributed by atoms with van der Waals surface area (Å²) in [6.07, 6.45) is 1.89. The summed E-state index contributed by atoms with van der Waals surface area (Å²) in [6, 6.07) is 8.34. The Balaban J connectivity index is 1.71. The molecule has 2 fully saturated rings. The van der Waals surface area contributed by atoms with Gasteiger partial charge in [0.05, 0.1) is 5.41 Å². The van der Waals surface area contributed by atoms with Crippen molar-refractivity contribution in [1.29, 1.82) is 0 Å². The minimum Gasteiger partial charge on any atom is -0.339 e. The van der Waals surface area contributed by atoms with Crippen molar-refractivity contribution < 1.29 is 9.59 Å². The average Bonchev–Trinajstić information content (AvgIpc) is 3.29. The Morgan fingerprint density at radius 2 is 1.48 bits per heavy atom. The van der Waals surface area contributed by atoms with E-state index in [1.165, 1.54) is 5.56 Å². The molecule has 0 aromatic heterocycles. The van der Waals surface area contributed by atoms with E-state index in [1.807, 2.05) is 9.80 Å². The van der Waals surface area contributed by atoms with Crippen LogP contribution in [0, 0.1) is 6.92 Å². The number of hydrogen-bond donors (Lipinski definition) is 0. The third-order valence-electron chi connectivity index (χ3n) is 4.78. The van der Waals surface area contributed by atoms with Crippen LogP contribution in [0.3, 0.4) is 0 Å². The molecule has 1 aliphatic carbocycles. The second-order valence-electron chi connectivity index (χ2n) is 6.25. The van der Waals surface area contributed by atoms with Crippen LogP contribution in [-0.2, 0) is 15.0 Å². The van der Waals surface area contributed by atoms with Gasteiger partial charge in [-0.2, -0.15) is 0 Å². The quantitative estimate of drug-likeness (QED) is 0.830. The Morgan fingerprint density at radius 1 is 0.952 bits per heavy atom. The molecule has 1 aliphatic heterocycles. The highest BCUT2D eigenvalue weighted by molar-refractivity contribution is 5.91. The van der Waals surface area contributed by atoms with Gasteiger partial charge in [0.1, 0.15) is 0 Å². The summed E-state index contributed by atoms with van der Waals surface area (Å²) < 4.78 is 0. The first-order valence-corrected chi connectivity index (χ1v) is 7.65. The van der Waals surface area contributed by atoms with Gasteiger partial charge < -0.3 is 9.80 Å². The molecule has 0 radical (unpaired) electrons. The number of amides is 2. The lowest BCUT2D eigenvalue weighted by molar-refractivity contribution is -0.140. The van der Waals surface area contributed by atoms with E-state index in [-0.39, 0.29) is 17.2 Å². The molecule has 1 heterocycles. The van der Waals surface area contributed by atoms with Crippen LogP contribution >= 0.6 is 0 Å². The Kier molecular flexibility index (Phi) is 3.47. The predicted molar refractivity (Wildman–Crippen MR) is 80.9 cm³/mol. The van der Waals surface area contributed by atoms with Crippen LogP contribution in [0.25, 0.3) is 0 Å². The molecule has 1 aromatic rings. The molecule has 0 unspecified atom stereocenters. The minimum atomic E-state index is -0.286. The molecule has 0 spiro atoms. The van der Waals surface area contributed by atoms with Crippen LogP contribution in [0.15, 0.2) is 24.3 Å². The number of nitrogens with zero attached hydrogens (tertiary/aromatic N) is 2. The van der Waals surface area contributed by atoms with Crippen LogP contribution in [-0.4, -0.2) is 47.8 Å². The zero-order valence-corrected chi connectivity index (χ0v) is 12.8. The Bertz CT molecular complexity index is 553. The lowest BCUT2D eigenvalue weighted by Gasteiger charge is -2.36. The summed E-state index contributed by atoms with van der Waals surface area (Å²) >= 11 is 0. The van der Waals surface area contributed by atoms with Gasteiger partial charge in [0.15, 0.2) is 0 Å². The van der Waals surface area contributed by atoms with Gasteiger partial charge in [-0.3, -0.25) is 9.59 Å². The van der Waals surface area contributed by atoms with Gasteiger partial charge in [-0.1, -0.05) is 29.8 Å². The fourth-order valence-corrected chi connectivity index (χ4v) is 3.15. The van der Waals surface area contributed by atoms with Crippen molar-refractivity contribution in [1.82, 2.24) is 9.80 Å². The van der Waals surface area contributed by atoms with E-state index >= 15 is 0 Å². The van der Waals surface area contributed by atoms with Crippen molar-refractivity contribution in [2.24, 2.45) is 0 Å². The maximum atomic E-state index is 12.9. The van der Waals surface area contributed by atoms with E-state index < -0.39 is 0 Å². The molecule has 0 atom stereocenters. The molecule has 2 amide bonds. The highest BCUT2D eigenvalue weighted by Gasteiger charge is 2.53. The van der Waals surface area contributed by atoms with Gasteiger partial charge in [0, 0.05) is 33.1 Å². The number of benzene rings is 1. The third-order valence-corrected chi connectivity index (χ3v) is 4.78. The summed E-state index contributed by atoms with van der Waals surface area (Å²) in [6.45, 7) is 6.28. The van der Waals surface area contributed by atoms with E-state index in [9.17, 15) is 9.59 Å². The smallest absolute Gasteiger partial charge is 0.233 e. The van der Waals surface area contributed by atoms with Crippen molar-refractivity contribution in [2.75, 3.05) is 26.2 Å². The number of carbonyl (C=O) groups is 2. The molecule has 21 heavy (non-hydrogen) atoms. The normalized spacial score (nSPS) is 20.3. The maximum absolute atomic E-state index is 12.9. The molecule has 1 saturated carbocycles. The second kappa shape index (κ2) is 5.17. The molecule has 3 rings (SSSR count). The van der Waals surface area contributed by atoms with Crippen LogP contribution in [0.1, 0.15) is 30.9 Å². The predicted octanol–water partition coefficient (Wildman–Crippen LogP) is 1.72. The molecule has 112 valence electrons. The molecular weight excluding hydrogens is 264 g/mol. The zero-order valence-electron chi connectivity index (χ0n) is 12.8. The van der Waals surface area contributed by atoms with Crippen molar-refractivity contribution in [2.45, 2.75) is 32.1 Å². The van der Waals surface area contributed by atoms with Crippen molar-refractivity contribution >= 4 is 11.8 Å². The number of hydrogen-bond acceptors (Lipinski definition) is 2. The lowest BCUT2D eigenvalue weighted by Crippen LogP contribution is -2.52. The monoisotopic (exact) mass is 286 g/mol. The summed E-state index contributed by atoms with van der Waals surface area (Å²) in [4.78, 5) is 28.0. The lowest BCUT2D eigenvalue weighted by atomic mass is 9.93. The van der Waals surface area contributed by atoms with Crippen LogP contribution in [0.5, 0.6) is 0 Å². The average molecular weight is 286 g/mol. The van der Waals surface area contributed by atoms with Gasteiger partial charge in [0.25, 0.3) is 0 Å². The van der Waals surface area contributed by atoms with E-state index in [0.717, 1.165) is 18.4 Å². The number of aryl methyl sites for hydroxylation is 1. The minimum absolute atomic E-state index is 0.0989. The second-order valence-corrected chi connectivity index (χ2v) is 6.25. The van der Waals surface area contributed by atoms with Gasteiger partial charge >= 0.3 is 0 Å².